The number of hydrogen-bond donors (Lipinski definition) is 4. The van der Waals surface area contributed by atoms with Gasteiger partial charge < -0.3 is 20.9 Å². The van der Waals surface area contributed by atoms with Crippen LogP contribution < -0.4 is 22.1 Å². The maximum absolute atomic E-state index is 12.9. The van der Waals surface area contributed by atoms with Crippen LogP contribution in [0.25, 0.3) is 11.6 Å². The fraction of sp³-hybridized carbons (Fsp3) is 0.538. The molecule has 1 aliphatic carbocycles. The van der Waals surface area contributed by atoms with Gasteiger partial charge in [0.15, 0.2) is 46.3 Å². The number of azo groups is 2. The third-order valence-electron chi connectivity index (χ3n) is 11.9. The Hall–Kier alpha value is -6.42. The van der Waals surface area contributed by atoms with Gasteiger partial charge in [-0.25, -0.2) is 28.9 Å². The van der Waals surface area contributed by atoms with E-state index in [1.165, 1.54) is 74.4 Å². The zero-order chi connectivity index (χ0) is 42.6. The number of carbonyl (C=O) groups is 2. The molecule has 0 spiro atoms. The number of nitrogen functional groups attached to an aromatic ring is 2. The SMILES string of the molecule is CCc1nn(-c2cc(-n3nc(C)c(N=Nc4c(C(=O)OC)cnn4C4CC(C5CCCCC5)CCN4)c3N)ncn2)c(N)c1N=Nc1c(C(=O)OC)cnn1C1CCCCN1. The largest absolute Gasteiger partial charge is 0.465 e. The quantitative estimate of drug-likeness (QED) is 0.0825. The van der Waals surface area contributed by atoms with Gasteiger partial charge in [0, 0.05) is 6.07 Å². The summed E-state index contributed by atoms with van der Waals surface area (Å²) in [5.41, 5.74) is 15.3. The summed E-state index contributed by atoms with van der Waals surface area (Å²) in [5, 5.41) is 43.5. The zero-order valence-corrected chi connectivity index (χ0v) is 34.9. The molecule has 22 nitrogen and oxygen atoms in total. The number of piperidine rings is 2. The van der Waals surface area contributed by atoms with Gasteiger partial charge in [0.1, 0.15) is 29.8 Å². The van der Waals surface area contributed by atoms with Crippen LogP contribution in [0.4, 0.5) is 34.6 Å². The van der Waals surface area contributed by atoms with Gasteiger partial charge in [0.05, 0.1) is 38.0 Å². The molecule has 322 valence electrons. The van der Waals surface area contributed by atoms with Crippen LogP contribution in [-0.4, -0.2) is 88.3 Å². The molecule has 8 rings (SSSR count). The minimum absolute atomic E-state index is 0.146. The summed E-state index contributed by atoms with van der Waals surface area (Å²) in [4.78, 5) is 34.5. The number of nitrogens with zero attached hydrogens (tertiary/aromatic N) is 14. The summed E-state index contributed by atoms with van der Waals surface area (Å²) in [6.07, 6.45) is 15.6. The Labute approximate surface area is 351 Å². The lowest BCUT2D eigenvalue weighted by molar-refractivity contribution is 0.0592. The second kappa shape index (κ2) is 18.1. The number of methoxy groups -OCH3 is 2. The summed E-state index contributed by atoms with van der Waals surface area (Å²) in [5.74, 6) is 1.49. The highest BCUT2D eigenvalue weighted by molar-refractivity contribution is 5.94. The highest BCUT2D eigenvalue weighted by Gasteiger charge is 2.33. The van der Waals surface area contributed by atoms with E-state index in [1.807, 2.05) is 6.92 Å². The molecule has 61 heavy (non-hydrogen) atoms. The van der Waals surface area contributed by atoms with Gasteiger partial charge in [-0.1, -0.05) is 39.0 Å². The standard InChI is InChI=1S/C39H52N18O4/c1-5-27-33(49-51-36-25(38(58)60-3)19-46-56(36)28-13-9-10-15-42-28)35(41)55(53-27)31-18-30(44-21-45-31)54-34(40)32(22(2)52-54)48-50-37-26(39(59)61-4)20-47-57(37)29-17-24(14-16-43-29)23-11-7-6-8-12-23/h18-21,23-24,28-29,42-43H,5-17,40-41H2,1-4H3. The van der Waals surface area contributed by atoms with Crippen molar-refractivity contribution < 1.29 is 19.1 Å². The molecule has 5 aromatic heterocycles. The van der Waals surface area contributed by atoms with Crippen LogP contribution in [0.1, 0.15) is 116 Å². The number of aromatic nitrogens is 10. The molecule has 3 aliphatic rings. The number of esters is 2. The maximum Gasteiger partial charge on any atom is 0.343 e. The molecule has 22 heteroatoms. The van der Waals surface area contributed by atoms with Crippen LogP contribution >= 0.6 is 0 Å². The average molecular weight is 837 g/mol. The molecular weight excluding hydrogens is 785 g/mol. The summed E-state index contributed by atoms with van der Waals surface area (Å²) < 4.78 is 16.3. The molecule has 0 amide bonds. The second-order valence-corrected chi connectivity index (χ2v) is 15.6. The molecule has 5 aromatic rings. The molecule has 2 saturated heterocycles. The van der Waals surface area contributed by atoms with Crippen molar-refractivity contribution in [1.82, 2.24) is 59.7 Å². The maximum atomic E-state index is 12.9. The Balaban J connectivity index is 1.08. The summed E-state index contributed by atoms with van der Waals surface area (Å²) in [7, 11) is 2.62. The summed E-state index contributed by atoms with van der Waals surface area (Å²) in [6.45, 7) is 5.32. The minimum Gasteiger partial charge on any atom is -0.465 e. The Morgan fingerprint density at radius 3 is 1.95 bits per heavy atom. The van der Waals surface area contributed by atoms with Crippen molar-refractivity contribution in [3.05, 3.63) is 47.3 Å². The number of carbonyl (C=O) groups excluding carboxylic acids is 2. The van der Waals surface area contributed by atoms with Crippen LogP contribution in [0.15, 0.2) is 45.2 Å². The zero-order valence-electron chi connectivity index (χ0n) is 34.9. The molecule has 3 atom stereocenters. The monoisotopic (exact) mass is 836 g/mol. The van der Waals surface area contributed by atoms with Gasteiger partial charge in [-0.05, 0) is 70.4 Å². The lowest BCUT2D eigenvalue weighted by Gasteiger charge is -2.37. The van der Waals surface area contributed by atoms with Gasteiger partial charge in [0.2, 0.25) is 0 Å². The molecule has 0 bridgehead atoms. The van der Waals surface area contributed by atoms with Crippen LogP contribution in [0.5, 0.6) is 0 Å². The first-order valence-electron chi connectivity index (χ1n) is 20.9. The van der Waals surface area contributed by atoms with Crippen molar-refractivity contribution in [2.45, 2.75) is 96.8 Å². The van der Waals surface area contributed by atoms with Gasteiger partial charge in [-0.15, -0.1) is 20.5 Å². The van der Waals surface area contributed by atoms with Crippen LogP contribution in [0.3, 0.4) is 0 Å². The Kier molecular flexibility index (Phi) is 12.2. The van der Waals surface area contributed by atoms with Crippen molar-refractivity contribution in [3.8, 4) is 11.6 Å². The Bertz CT molecular complexity index is 2430. The number of ether oxygens (including phenoxy) is 2. The fourth-order valence-corrected chi connectivity index (χ4v) is 8.65. The smallest absolute Gasteiger partial charge is 0.343 e. The van der Waals surface area contributed by atoms with Crippen LogP contribution in [-0.2, 0) is 15.9 Å². The van der Waals surface area contributed by atoms with E-state index in [9.17, 15) is 9.59 Å². The summed E-state index contributed by atoms with van der Waals surface area (Å²) >= 11 is 0. The van der Waals surface area contributed by atoms with E-state index in [-0.39, 0.29) is 52.4 Å². The van der Waals surface area contributed by atoms with E-state index in [1.54, 1.807) is 22.4 Å². The van der Waals surface area contributed by atoms with Gasteiger partial charge in [0.25, 0.3) is 0 Å². The molecular formula is C39H52N18O4. The topological polar surface area (TPSA) is 275 Å². The Morgan fingerprint density at radius 2 is 1.33 bits per heavy atom. The first-order valence-corrected chi connectivity index (χ1v) is 20.9. The first kappa shape index (κ1) is 41.3. The van der Waals surface area contributed by atoms with Gasteiger partial charge in [-0.2, -0.15) is 29.8 Å². The average Bonchev–Trinajstić information content (AvgIpc) is 4.08. The number of rotatable bonds is 12. The van der Waals surface area contributed by atoms with E-state index >= 15 is 0 Å². The third-order valence-corrected chi connectivity index (χ3v) is 11.9. The number of nitrogens with one attached hydrogen (secondary N) is 2. The summed E-state index contributed by atoms with van der Waals surface area (Å²) in [6, 6.07) is 1.62. The van der Waals surface area contributed by atoms with Crippen molar-refractivity contribution in [3.63, 3.8) is 0 Å². The number of aryl methyl sites for hydroxylation is 2. The predicted molar refractivity (Wildman–Crippen MR) is 222 cm³/mol. The third kappa shape index (κ3) is 8.23. The lowest BCUT2D eigenvalue weighted by atomic mass is 9.75. The Morgan fingerprint density at radius 1 is 0.738 bits per heavy atom. The van der Waals surface area contributed by atoms with E-state index in [2.05, 4.69) is 56.4 Å². The van der Waals surface area contributed by atoms with E-state index in [0.717, 1.165) is 45.2 Å². The molecule has 3 unspecified atom stereocenters. The molecule has 1 saturated carbocycles. The molecule has 3 fully saturated rings. The van der Waals surface area contributed by atoms with E-state index in [4.69, 9.17) is 26.0 Å². The molecule has 6 N–H and O–H groups in total. The second-order valence-electron chi connectivity index (χ2n) is 15.6. The van der Waals surface area contributed by atoms with Gasteiger partial charge in [-0.3, -0.25) is 10.6 Å². The molecule has 0 radical (unpaired) electrons. The van der Waals surface area contributed by atoms with Crippen LogP contribution in [0, 0.1) is 18.8 Å². The van der Waals surface area contributed by atoms with Crippen molar-refractivity contribution >= 4 is 46.6 Å². The van der Waals surface area contributed by atoms with Gasteiger partial charge >= 0.3 is 11.9 Å². The highest BCUT2D eigenvalue weighted by atomic mass is 16.5. The minimum atomic E-state index is -0.585. The fourth-order valence-electron chi connectivity index (χ4n) is 8.65. The molecule has 0 aromatic carbocycles. The number of hydrogen-bond acceptors (Lipinski definition) is 18. The normalized spacial score (nSPS) is 20.2. The molecule has 7 heterocycles. The highest BCUT2D eigenvalue weighted by Crippen LogP contribution is 2.40. The number of anilines is 2. The lowest BCUT2D eigenvalue weighted by Crippen LogP contribution is -2.38. The molecule has 2 aliphatic heterocycles. The predicted octanol–water partition coefficient (Wildman–Crippen LogP) is 6.03. The van der Waals surface area contributed by atoms with Crippen LogP contribution in [0.2, 0.25) is 0 Å². The van der Waals surface area contributed by atoms with Crippen molar-refractivity contribution in [1.29, 1.82) is 0 Å². The van der Waals surface area contributed by atoms with Crippen molar-refractivity contribution in [2.75, 3.05) is 38.8 Å². The van der Waals surface area contributed by atoms with E-state index in [0.29, 0.717) is 47.0 Å². The first-order chi connectivity index (χ1) is 29.7. The number of nitrogens with two attached hydrogens (primary N) is 2. The van der Waals surface area contributed by atoms with Crippen molar-refractivity contribution in [2.24, 2.45) is 32.3 Å². The van der Waals surface area contributed by atoms with E-state index < -0.39 is 11.9 Å².